The van der Waals surface area contributed by atoms with Gasteiger partial charge in [0, 0.05) is 11.8 Å². The van der Waals surface area contributed by atoms with Crippen LogP contribution in [0.15, 0.2) is 36.9 Å². The van der Waals surface area contributed by atoms with Gasteiger partial charge in [0.05, 0.1) is 0 Å². The zero-order valence-electron chi connectivity index (χ0n) is 7.51. The number of carbonyl (C=O) groups excluding carboxylic acids is 1. The third kappa shape index (κ3) is 2.64. The van der Waals surface area contributed by atoms with Gasteiger partial charge in [-0.15, -0.1) is 0 Å². The number of anilines is 1. The molecule has 0 saturated carbocycles. The number of carbonyl (C=O) groups is 1. The van der Waals surface area contributed by atoms with Crippen LogP contribution in [0.3, 0.4) is 0 Å². The zero-order chi connectivity index (χ0) is 10.6. The SMILES string of the molecule is C=CC(=O)OB(O)c1cccc(N)c1. The molecule has 3 N–H and O–H groups in total. The minimum absolute atomic E-state index is 0.431. The van der Waals surface area contributed by atoms with Crippen LogP contribution < -0.4 is 11.2 Å². The molecular weight excluding hydrogens is 181 g/mol. The summed E-state index contributed by atoms with van der Waals surface area (Å²) >= 11 is 0. The first kappa shape index (κ1) is 10.3. The van der Waals surface area contributed by atoms with Crippen LogP contribution in [0, 0.1) is 0 Å². The standard InChI is InChI=1S/C9H10BNO3/c1-2-9(12)14-10(13)7-4-3-5-8(11)6-7/h2-6,13H,1,11H2. The number of benzene rings is 1. The van der Waals surface area contributed by atoms with Crippen molar-refractivity contribution in [1.82, 2.24) is 0 Å². The largest absolute Gasteiger partial charge is 0.562 e. The van der Waals surface area contributed by atoms with E-state index >= 15 is 0 Å². The fourth-order valence-corrected chi connectivity index (χ4v) is 0.939. The van der Waals surface area contributed by atoms with Crippen molar-refractivity contribution in [2.45, 2.75) is 0 Å². The Bertz CT molecular complexity index is 354. The Kier molecular flexibility index (Phi) is 3.31. The molecule has 0 aliphatic heterocycles. The quantitative estimate of drug-likeness (QED) is 0.390. The molecule has 0 saturated heterocycles. The number of hydrogen-bond acceptors (Lipinski definition) is 4. The maximum atomic E-state index is 10.7. The van der Waals surface area contributed by atoms with E-state index in [-0.39, 0.29) is 0 Å². The lowest BCUT2D eigenvalue weighted by Gasteiger charge is -2.06. The van der Waals surface area contributed by atoms with Crippen LogP contribution in [-0.4, -0.2) is 18.1 Å². The van der Waals surface area contributed by atoms with Crippen LogP contribution in [0.1, 0.15) is 0 Å². The monoisotopic (exact) mass is 191 g/mol. The molecule has 0 bridgehead atoms. The highest BCUT2D eigenvalue weighted by Crippen LogP contribution is 1.98. The van der Waals surface area contributed by atoms with Crippen molar-refractivity contribution in [2.75, 3.05) is 5.73 Å². The van der Waals surface area contributed by atoms with Gasteiger partial charge in [0.1, 0.15) is 0 Å². The Morgan fingerprint density at radius 1 is 1.64 bits per heavy atom. The molecule has 0 aromatic heterocycles. The Labute approximate surface area is 82.1 Å². The molecule has 4 nitrogen and oxygen atoms in total. The first-order valence-corrected chi connectivity index (χ1v) is 4.00. The normalized spacial score (nSPS) is 9.21. The van der Waals surface area contributed by atoms with Crippen LogP contribution >= 0.6 is 0 Å². The van der Waals surface area contributed by atoms with Gasteiger partial charge in [0.25, 0.3) is 0 Å². The first-order valence-electron chi connectivity index (χ1n) is 4.00. The van der Waals surface area contributed by atoms with Gasteiger partial charge in [-0.05, 0) is 17.6 Å². The molecule has 1 aromatic carbocycles. The Balaban J connectivity index is 2.74. The molecule has 0 heterocycles. The van der Waals surface area contributed by atoms with Gasteiger partial charge < -0.3 is 15.4 Å². The van der Waals surface area contributed by atoms with Gasteiger partial charge in [-0.1, -0.05) is 18.7 Å². The summed E-state index contributed by atoms with van der Waals surface area (Å²) in [6.07, 6.45) is 0.982. The summed E-state index contributed by atoms with van der Waals surface area (Å²) in [6, 6.07) is 6.47. The molecule has 1 rings (SSSR count). The lowest BCUT2D eigenvalue weighted by atomic mass is 9.79. The summed E-state index contributed by atoms with van der Waals surface area (Å²) in [6.45, 7) is 3.21. The molecule has 0 atom stereocenters. The van der Waals surface area contributed by atoms with Crippen molar-refractivity contribution >= 4 is 24.2 Å². The van der Waals surface area contributed by atoms with Crippen LogP contribution in [0.5, 0.6) is 0 Å². The van der Waals surface area contributed by atoms with Crippen LogP contribution in [0.4, 0.5) is 5.69 Å². The Morgan fingerprint density at radius 3 is 2.93 bits per heavy atom. The molecule has 0 aliphatic rings. The minimum Gasteiger partial charge on any atom is -0.503 e. The molecule has 14 heavy (non-hydrogen) atoms. The summed E-state index contributed by atoms with van der Waals surface area (Å²) in [5.41, 5.74) is 6.42. The molecule has 0 fully saturated rings. The molecule has 0 radical (unpaired) electrons. The van der Waals surface area contributed by atoms with Crippen molar-refractivity contribution in [3.63, 3.8) is 0 Å². The number of rotatable bonds is 3. The Morgan fingerprint density at radius 2 is 2.36 bits per heavy atom. The maximum absolute atomic E-state index is 10.7. The first-order chi connectivity index (χ1) is 6.63. The summed E-state index contributed by atoms with van der Waals surface area (Å²) < 4.78 is 4.58. The van der Waals surface area contributed by atoms with Crippen molar-refractivity contribution in [3.8, 4) is 0 Å². The van der Waals surface area contributed by atoms with Crippen LogP contribution in [0.25, 0.3) is 0 Å². The van der Waals surface area contributed by atoms with Gasteiger partial charge >= 0.3 is 13.1 Å². The molecule has 1 aromatic rings. The molecule has 0 aliphatic carbocycles. The third-order valence-electron chi connectivity index (χ3n) is 1.59. The Hall–Kier alpha value is -1.75. The maximum Gasteiger partial charge on any atom is 0.562 e. The summed E-state index contributed by atoms with van der Waals surface area (Å²) in [5.74, 6) is -0.681. The summed E-state index contributed by atoms with van der Waals surface area (Å²) in [5, 5.41) is 9.40. The van der Waals surface area contributed by atoms with Crippen molar-refractivity contribution in [2.24, 2.45) is 0 Å². The highest BCUT2D eigenvalue weighted by molar-refractivity contribution is 6.61. The zero-order valence-corrected chi connectivity index (χ0v) is 7.51. The van der Waals surface area contributed by atoms with E-state index in [4.69, 9.17) is 5.73 Å². The molecular formula is C9H10BNO3. The van der Waals surface area contributed by atoms with Crippen LogP contribution in [-0.2, 0) is 9.45 Å². The molecule has 0 unspecified atom stereocenters. The van der Waals surface area contributed by atoms with Gasteiger partial charge in [-0.25, -0.2) is 4.79 Å². The van der Waals surface area contributed by atoms with E-state index in [1.807, 2.05) is 0 Å². The van der Waals surface area contributed by atoms with Crippen LogP contribution in [0.2, 0.25) is 0 Å². The summed E-state index contributed by atoms with van der Waals surface area (Å²) in [7, 11) is -1.30. The number of nitrogen functional groups attached to an aromatic ring is 1. The highest BCUT2D eigenvalue weighted by Gasteiger charge is 2.20. The van der Waals surface area contributed by atoms with Gasteiger partial charge in [-0.3, -0.25) is 0 Å². The molecule has 0 amide bonds. The lowest BCUT2D eigenvalue weighted by Crippen LogP contribution is -2.35. The third-order valence-corrected chi connectivity index (χ3v) is 1.59. The molecule has 0 spiro atoms. The van der Waals surface area contributed by atoms with Crippen molar-refractivity contribution < 1.29 is 14.5 Å². The topological polar surface area (TPSA) is 72.5 Å². The average Bonchev–Trinajstić information content (AvgIpc) is 2.17. The van der Waals surface area contributed by atoms with Gasteiger partial charge in [0.15, 0.2) is 0 Å². The number of nitrogens with two attached hydrogens (primary N) is 1. The average molecular weight is 191 g/mol. The number of hydrogen-bond donors (Lipinski definition) is 2. The highest BCUT2D eigenvalue weighted by atomic mass is 16.6. The van der Waals surface area contributed by atoms with E-state index in [0.29, 0.717) is 11.2 Å². The predicted molar refractivity (Wildman–Crippen MR) is 54.8 cm³/mol. The predicted octanol–water partition coefficient (Wildman–Crippen LogP) is -0.315. The lowest BCUT2D eigenvalue weighted by molar-refractivity contribution is -0.129. The molecule has 72 valence electrons. The van der Waals surface area contributed by atoms with E-state index in [1.54, 1.807) is 18.2 Å². The fraction of sp³-hybridized carbons (Fsp3) is 0. The van der Waals surface area contributed by atoms with E-state index in [9.17, 15) is 9.82 Å². The molecule has 5 heteroatoms. The smallest absolute Gasteiger partial charge is 0.503 e. The van der Waals surface area contributed by atoms with Gasteiger partial charge in [0.2, 0.25) is 0 Å². The van der Waals surface area contributed by atoms with E-state index < -0.39 is 13.1 Å². The van der Waals surface area contributed by atoms with Gasteiger partial charge in [-0.2, -0.15) is 0 Å². The second-order valence-electron chi connectivity index (χ2n) is 2.66. The van der Waals surface area contributed by atoms with E-state index in [1.165, 1.54) is 6.07 Å². The van der Waals surface area contributed by atoms with E-state index in [0.717, 1.165) is 6.08 Å². The van der Waals surface area contributed by atoms with Crippen molar-refractivity contribution in [3.05, 3.63) is 36.9 Å². The second-order valence-corrected chi connectivity index (χ2v) is 2.66. The second kappa shape index (κ2) is 4.48. The minimum atomic E-state index is -1.30. The van der Waals surface area contributed by atoms with E-state index in [2.05, 4.69) is 11.2 Å². The fourth-order valence-electron chi connectivity index (χ4n) is 0.939. The van der Waals surface area contributed by atoms with Crippen molar-refractivity contribution in [1.29, 1.82) is 0 Å². The summed E-state index contributed by atoms with van der Waals surface area (Å²) in [4.78, 5) is 10.7.